The average Bonchev–Trinajstić information content (AvgIpc) is 2.38. The first-order valence-electron chi connectivity index (χ1n) is 5.43. The lowest BCUT2D eigenvalue weighted by Crippen LogP contribution is -2.47. The molecule has 0 bridgehead atoms. The van der Waals surface area contributed by atoms with Crippen LogP contribution in [0.2, 0.25) is 0 Å². The number of aromatic nitrogens is 1. The van der Waals surface area contributed by atoms with E-state index < -0.39 is 15.2 Å². The van der Waals surface area contributed by atoms with E-state index in [0.717, 1.165) is 5.75 Å². The van der Waals surface area contributed by atoms with Crippen molar-refractivity contribution in [2.45, 2.75) is 5.37 Å². The van der Waals surface area contributed by atoms with Crippen molar-refractivity contribution in [1.82, 2.24) is 4.98 Å². The van der Waals surface area contributed by atoms with Crippen LogP contribution in [-0.2, 0) is 9.84 Å². The molecule has 1 aliphatic heterocycles. The van der Waals surface area contributed by atoms with Gasteiger partial charge in [-0.25, -0.2) is 13.4 Å². The van der Waals surface area contributed by atoms with E-state index in [0.29, 0.717) is 23.8 Å². The van der Waals surface area contributed by atoms with E-state index in [1.165, 1.54) is 6.26 Å². The van der Waals surface area contributed by atoms with Crippen LogP contribution in [0.3, 0.4) is 0 Å². The highest BCUT2D eigenvalue weighted by atomic mass is 32.2. The fourth-order valence-corrected chi connectivity index (χ4v) is 4.67. The van der Waals surface area contributed by atoms with Gasteiger partial charge in [-0.2, -0.15) is 17.0 Å². The van der Waals surface area contributed by atoms with Crippen molar-refractivity contribution in [3.8, 4) is 6.07 Å². The summed E-state index contributed by atoms with van der Waals surface area (Å²) in [6.07, 6.45) is 1.24. The Kier molecular flexibility index (Phi) is 3.78. The van der Waals surface area contributed by atoms with Crippen LogP contribution in [0.25, 0.3) is 0 Å². The van der Waals surface area contributed by atoms with Crippen LogP contribution < -0.4 is 4.90 Å². The number of rotatable bonds is 2. The van der Waals surface area contributed by atoms with E-state index in [9.17, 15) is 8.42 Å². The molecule has 7 heteroatoms. The summed E-state index contributed by atoms with van der Waals surface area (Å²) in [5, 5.41) is 8.28. The smallest absolute Gasteiger partial charge is 0.169 e. The molecule has 2 rings (SSSR count). The lowest BCUT2D eigenvalue weighted by Gasteiger charge is -2.34. The van der Waals surface area contributed by atoms with Gasteiger partial charge in [0.25, 0.3) is 0 Å². The first kappa shape index (κ1) is 13.2. The predicted octanol–water partition coefficient (Wildman–Crippen LogP) is 0.877. The minimum absolute atomic E-state index is 0.304. The number of pyridine rings is 1. The number of anilines is 1. The van der Waals surface area contributed by atoms with Crippen molar-refractivity contribution in [2.75, 3.05) is 29.2 Å². The fraction of sp³-hybridized carbons (Fsp3) is 0.455. The standard InChI is InChI=1S/C11H13N3O2S2/c1-18(15,16)11-8-17-6-5-14(11)10-4-2-3-9(7-12)13-10/h2-4,11H,5-6,8H2,1H3. The van der Waals surface area contributed by atoms with E-state index in [1.54, 1.807) is 34.9 Å². The molecule has 5 nitrogen and oxygen atoms in total. The van der Waals surface area contributed by atoms with E-state index in [4.69, 9.17) is 5.26 Å². The third kappa shape index (κ3) is 2.76. The minimum Gasteiger partial charge on any atom is -0.338 e. The number of sulfone groups is 1. The SMILES string of the molecule is CS(=O)(=O)C1CSCCN1c1cccc(C#N)n1. The Hall–Kier alpha value is -1.26. The highest BCUT2D eigenvalue weighted by Crippen LogP contribution is 2.25. The normalized spacial score (nSPS) is 20.4. The van der Waals surface area contributed by atoms with E-state index in [2.05, 4.69) is 4.98 Å². The molecule has 1 fully saturated rings. The highest BCUT2D eigenvalue weighted by Gasteiger charge is 2.31. The summed E-state index contributed by atoms with van der Waals surface area (Å²) in [6, 6.07) is 7.05. The molecule has 0 N–H and O–H groups in total. The monoisotopic (exact) mass is 283 g/mol. The summed E-state index contributed by atoms with van der Waals surface area (Å²) >= 11 is 1.62. The maximum atomic E-state index is 11.8. The van der Waals surface area contributed by atoms with Crippen LogP contribution >= 0.6 is 11.8 Å². The van der Waals surface area contributed by atoms with Gasteiger partial charge in [0, 0.05) is 24.3 Å². The molecule has 0 amide bonds. The van der Waals surface area contributed by atoms with Gasteiger partial charge in [0.1, 0.15) is 23.0 Å². The predicted molar refractivity (Wildman–Crippen MR) is 72.3 cm³/mol. The Labute approximate surface area is 111 Å². The first-order valence-corrected chi connectivity index (χ1v) is 8.54. The number of thioether (sulfide) groups is 1. The molecule has 18 heavy (non-hydrogen) atoms. The number of nitriles is 1. The van der Waals surface area contributed by atoms with E-state index in [-0.39, 0.29) is 0 Å². The molecule has 1 atom stereocenters. The summed E-state index contributed by atoms with van der Waals surface area (Å²) in [6.45, 7) is 0.629. The molecule has 1 aromatic rings. The summed E-state index contributed by atoms with van der Waals surface area (Å²) < 4.78 is 23.6. The van der Waals surface area contributed by atoms with Crippen molar-refractivity contribution in [3.05, 3.63) is 23.9 Å². The second-order valence-electron chi connectivity index (χ2n) is 4.05. The molecule has 0 saturated carbocycles. The van der Waals surface area contributed by atoms with Gasteiger partial charge in [-0.3, -0.25) is 0 Å². The summed E-state index contributed by atoms with van der Waals surface area (Å²) in [5.41, 5.74) is 0.304. The van der Waals surface area contributed by atoms with Crippen molar-refractivity contribution < 1.29 is 8.42 Å². The first-order chi connectivity index (χ1) is 8.52. The van der Waals surface area contributed by atoms with Gasteiger partial charge in [-0.05, 0) is 12.1 Å². The third-order valence-electron chi connectivity index (χ3n) is 2.72. The summed E-state index contributed by atoms with van der Waals surface area (Å²) in [5.74, 6) is 1.96. The molecular weight excluding hydrogens is 270 g/mol. The second-order valence-corrected chi connectivity index (χ2v) is 7.40. The Balaban J connectivity index is 2.37. The molecule has 0 spiro atoms. The average molecular weight is 283 g/mol. The Bertz CT molecular complexity index is 580. The maximum absolute atomic E-state index is 11.8. The lowest BCUT2D eigenvalue weighted by molar-refractivity contribution is 0.583. The number of hydrogen-bond acceptors (Lipinski definition) is 6. The molecule has 1 aliphatic rings. The van der Waals surface area contributed by atoms with E-state index >= 15 is 0 Å². The zero-order chi connectivity index (χ0) is 13.2. The molecule has 0 aliphatic carbocycles. The Morgan fingerprint density at radius 2 is 2.33 bits per heavy atom. The summed E-state index contributed by atoms with van der Waals surface area (Å²) in [4.78, 5) is 5.94. The van der Waals surface area contributed by atoms with Gasteiger partial charge < -0.3 is 4.90 Å². The largest absolute Gasteiger partial charge is 0.338 e. The van der Waals surface area contributed by atoms with Crippen LogP contribution in [0, 0.1) is 11.3 Å². The molecular formula is C11H13N3O2S2. The van der Waals surface area contributed by atoms with Crippen molar-refractivity contribution in [3.63, 3.8) is 0 Å². The van der Waals surface area contributed by atoms with E-state index in [1.807, 2.05) is 6.07 Å². The molecule has 1 saturated heterocycles. The number of nitrogens with zero attached hydrogens (tertiary/aromatic N) is 3. The topological polar surface area (TPSA) is 74.1 Å². The Morgan fingerprint density at radius 3 is 3.00 bits per heavy atom. The molecule has 1 aromatic heterocycles. The van der Waals surface area contributed by atoms with Crippen LogP contribution in [0.1, 0.15) is 5.69 Å². The molecule has 0 radical (unpaired) electrons. The van der Waals surface area contributed by atoms with Gasteiger partial charge in [-0.1, -0.05) is 6.07 Å². The van der Waals surface area contributed by atoms with Crippen molar-refractivity contribution in [1.29, 1.82) is 5.26 Å². The number of hydrogen-bond donors (Lipinski definition) is 0. The third-order valence-corrected chi connectivity index (χ3v) is 5.37. The Morgan fingerprint density at radius 1 is 1.56 bits per heavy atom. The van der Waals surface area contributed by atoms with Crippen molar-refractivity contribution in [2.24, 2.45) is 0 Å². The second kappa shape index (κ2) is 5.16. The molecule has 0 aromatic carbocycles. The van der Waals surface area contributed by atoms with Crippen LogP contribution in [0.4, 0.5) is 5.82 Å². The van der Waals surface area contributed by atoms with Gasteiger partial charge in [0.05, 0.1) is 0 Å². The van der Waals surface area contributed by atoms with Crippen LogP contribution in [0.15, 0.2) is 18.2 Å². The van der Waals surface area contributed by atoms with Gasteiger partial charge in [-0.15, -0.1) is 0 Å². The molecule has 96 valence electrons. The minimum atomic E-state index is -3.16. The lowest BCUT2D eigenvalue weighted by atomic mass is 10.3. The summed E-state index contributed by atoms with van der Waals surface area (Å²) in [7, 11) is -3.16. The fourth-order valence-electron chi connectivity index (χ4n) is 1.84. The van der Waals surface area contributed by atoms with Crippen LogP contribution in [-0.4, -0.2) is 43.1 Å². The van der Waals surface area contributed by atoms with Crippen molar-refractivity contribution >= 4 is 27.4 Å². The highest BCUT2D eigenvalue weighted by molar-refractivity contribution is 8.01. The molecule has 2 heterocycles. The zero-order valence-electron chi connectivity index (χ0n) is 9.91. The maximum Gasteiger partial charge on any atom is 0.169 e. The van der Waals surface area contributed by atoms with Gasteiger partial charge >= 0.3 is 0 Å². The molecule has 1 unspecified atom stereocenters. The van der Waals surface area contributed by atoms with Gasteiger partial charge in [0.2, 0.25) is 0 Å². The zero-order valence-corrected chi connectivity index (χ0v) is 11.5. The van der Waals surface area contributed by atoms with Gasteiger partial charge in [0.15, 0.2) is 9.84 Å². The quantitative estimate of drug-likeness (QED) is 0.802. The van der Waals surface area contributed by atoms with Crippen LogP contribution in [0.5, 0.6) is 0 Å².